The molecule has 14 rings (SSSR count). The summed E-state index contributed by atoms with van der Waals surface area (Å²) in [6, 6.07) is 83.2. The molecule has 1 heterocycles. The maximum atomic E-state index is 6.61. The molecule has 2 nitrogen and oxygen atoms in total. The predicted molar refractivity (Wildman–Crippen MR) is 262 cm³/mol. The van der Waals surface area contributed by atoms with Gasteiger partial charge in [-0.3, -0.25) is 0 Å². The molecule has 1 atom stereocenters. The van der Waals surface area contributed by atoms with Crippen LogP contribution < -0.4 is 9.64 Å². The molecule has 1 unspecified atom stereocenters. The molecule has 4 aliphatic rings. The van der Waals surface area contributed by atoms with Crippen molar-refractivity contribution in [3.63, 3.8) is 0 Å². The maximum Gasteiger partial charge on any atom is 0.135 e. The Hall–Kier alpha value is -8.20. The minimum absolute atomic E-state index is 0.583. The number of hydrogen-bond donors (Lipinski definition) is 0. The molecule has 2 heteroatoms. The maximum absolute atomic E-state index is 6.61. The zero-order valence-corrected chi connectivity index (χ0v) is 34.9. The van der Waals surface area contributed by atoms with Gasteiger partial charge in [0.15, 0.2) is 0 Å². The Labute approximate surface area is 373 Å². The van der Waals surface area contributed by atoms with E-state index in [9.17, 15) is 0 Å². The van der Waals surface area contributed by atoms with Crippen LogP contribution in [-0.4, -0.2) is 0 Å². The van der Waals surface area contributed by atoms with E-state index in [1.165, 1.54) is 77.9 Å². The van der Waals surface area contributed by atoms with E-state index in [1.807, 2.05) is 6.07 Å². The number of fused-ring (bicyclic) bond motifs is 21. The standard InChI is InChI=1S/C62H39NO/c1-2-17-41(18-3-1)63(42-31-33-47-49-23-10-14-28-58(49)64-59-29-15-11-24-50(59)52(47)37-42)43-32-35-56-53(38-43)46-21-7-6-20-45(46)48-22-8-12-26-54(48)62(56)55-27-13-9-25-51(55)61-57(62)34-30-40-36-39-16-4-5-19-44(39)60(40)61/h1-35,37-38H,36H2. The highest BCUT2D eigenvalue weighted by Gasteiger charge is 2.51. The van der Waals surface area contributed by atoms with E-state index in [4.69, 9.17) is 4.74 Å². The first kappa shape index (κ1) is 35.4. The molecule has 10 aromatic carbocycles. The Bertz CT molecular complexity index is 3580. The number of para-hydroxylation sites is 3. The number of nitrogens with zero attached hydrogens (tertiary/aromatic N) is 1. The molecule has 0 fully saturated rings. The molecule has 3 aliphatic carbocycles. The molecule has 298 valence electrons. The van der Waals surface area contributed by atoms with Crippen molar-refractivity contribution in [3.05, 3.63) is 258 Å². The average molecular weight is 814 g/mol. The van der Waals surface area contributed by atoms with Gasteiger partial charge in [-0.2, -0.15) is 0 Å². The number of anilines is 3. The van der Waals surface area contributed by atoms with Gasteiger partial charge in [0, 0.05) is 28.2 Å². The fourth-order valence-corrected chi connectivity index (χ4v) is 11.8. The fourth-order valence-electron chi connectivity index (χ4n) is 11.8. The van der Waals surface area contributed by atoms with Crippen molar-refractivity contribution in [3.8, 4) is 78.3 Å². The fraction of sp³-hybridized carbons (Fsp3) is 0.0323. The van der Waals surface area contributed by atoms with Crippen LogP contribution in [0.3, 0.4) is 0 Å². The van der Waals surface area contributed by atoms with E-state index < -0.39 is 5.41 Å². The Morgan fingerprint density at radius 2 is 0.797 bits per heavy atom. The van der Waals surface area contributed by atoms with Crippen LogP contribution in [0.4, 0.5) is 17.1 Å². The molecular formula is C62H39NO. The van der Waals surface area contributed by atoms with Gasteiger partial charge in [0.05, 0.1) is 5.41 Å². The Morgan fingerprint density at radius 1 is 0.297 bits per heavy atom. The Balaban J connectivity index is 1.06. The third-order valence-corrected chi connectivity index (χ3v) is 14.3. The van der Waals surface area contributed by atoms with Crippen LogP contribution in [-0.2, 0) is 11.8 Å². The predicted octanol–water partition coefficient (Wildman–Crippen LogP) is 16.2. The molecule has 0 aromatic heterocycles. The van der Waals surface area contributed by atoms with Crippen molar-refractivity contribution in [1.82, 2.24) is 0 Å². The Kier molecular flexibility index (Phi) is 7.41. The summed E-state index contributed by atoms with van der Waals surface area (Å²) in [4.78, 5) is 2.43. The summed E-state index contributed by atoms with van der Waals surface area (Å²) < 4.78 is 6.61. The lowest BCUT2D eigenvalue weighted by Gasteiger charge is -2.36. The number of ether oxygens (including phenoxy) is 1. The summed E-state index contributed by atoms with van der Waals surface area (Å²) in [5.74, 6) is 1.72. The van der Waals surface area contributed by atoms with Gasteiger partial charge in [-0.1, -0.05) is 176 Å². The molecule has 0 saturated heterocycles. The van der Waals surface area contributed by atoms with Crippen LogP contribution in [0.2, 0.25) is 0 Å². The second-order valence-corrected chi connectivity index (χ2v) is 17.5. The van der Waals surface area contributed by atoms with E-state index in [0.717, 1.165) is 57.2 Å². The van der Waals surface area contributed by atoms with Gasteiger partial charge in [0.2, 0.25) is 0 Å². The largest absolute Gasteiger partial charge is 0.456 e. The summed E-state index contributed by atoms with van der Waals surface area (Å²) in [5, 5.41) is 0. The van der Waals surface area contributed by atoms with Crippen molar-refractivity contribution < 1.29 is 4.74 Å². The van der Waals surface area contributed by atoms with Crippen molar-refractivity contribution in [2.24, 2.45) is 0 Å². The van der Waals surface area contributed by atoms with Crippen molar-refractivity contribution in [1.29, 1.82) is 0 Å². The van der Waals surface area contributed by atoms with E-state index in [2.05, 4.69) is 223 Å². The summed E-state index contributed by atoms with van der Waals surface area (Å²) in [6.45, 7) is 0. The number of hydrogen-bond acceptors (Lipinski definition) is 2. The lowest BCUT2D eigenvalue weighted by atomic mass is 9.65. The molecule has 0 radical (unpaired) electrons. The van der Waals surface area contributed by atoms with Gasteiger partial charge >= 0.3 is 0 Å². The second kappa shape index (κ2) is 13.4. The number of benzene rings is 10. The lowest BCUT2D eigenvalue weighted by molar-refractivity contribution is 0.488. The van der Waals surface area contributed by atoms with Gasteiger partial charge in [0.25, 0.3) is 0 Å². The van der Waals surface area contributed by atoms with Gasteiger partial charge in [-0.05, 0) is 144 Å². The van der Waals surface area contributed by atoms with Crippen molar-refractivity contribution in [2.75, 3.05) is 4.90 Å². The van der Waals surface area contributed by atoms with E-state index >= 15 is 0 Å². The first-order valence-electron chi connectivity index (χ1n) is 22.3. The van der Waals surface area contributed by atoms with Crippen LogP contribution in [0.15, 0.2) is 224 Å². The highest BCUT2D eigenvalue weighted by Crippen LogP contribution is 2.64. The summed E-state index contributed by atoms with van der Waals surface area (Å²) in [6.07, 6.45) is 0.957. The van der Waals surface area contributed by atoms with Crippen LogP contribution in [0.1, 0.15) is 33.4 Å². The summed E-state index contributed by atoms with van der Waals surface area (Å²) in [5.41, 5.74) is 25.7. The summed E-state index contributed by atoms with van der Waals surface area (Å²) in [7, 11) is 0. The van der Waals surface area contributed by atoms with E-state index in [-0.39, 0.29) is 0 Å². The molecule has 0 amide bonds. The van der Waals surface area contributed by atoms with E-state index in [1.54, 1.807) is 0 Å². The molecular weight excluding hydrogens is 775 g/mol. The van der Waals surface area contributed by atoms with Gasteiger partial charge < -0.3 is 9.64 Å². The quantitative estimate of drug-likeness (QED) is 0.176. The van der Waals surface area contributed by atoms with Crippen LogP contribution in [0.5, 0.6) is 11.5 Å². The zero-order chi connectivity index (χ0) is 41.9. The van der Waals surface area contributed by atoms with E-state index in [0.29, 0.717) is 0 Å². The Morgan fingerprint density at radius 3 is 1.55 bits per heavy atom. The highest BCUT2D eigenvalue weighted by atomic mass is 16.5. The first-order chi connectivity index (χ1) is 31.8. The minimum Gasteiger partial charge on any atom is -0.456 e. The van der Waals surface area contributed by atoms with Crippen molar-refractivity contribution in [2.45, 2.75) is 11.8 Å². The zero-order valence-electron chi connectivity index (χ0n) is 34.9. The van der Waals surface area contributed by atoms with Crippen LogP contribution in [0.25, 0.3) is 66.8 Å². The number of rotatable bonds is 3. The third kappa shape index (κ3) is 4.80. The lowest BCUT2D eigenvalue weighted by Crippen LogP contribution is -2.29. The van der Waals surface area contributed by atoms with Gasteiger partial charge in [-0.15, -0.1) is 0 Å². The van der Waals surface area contributed by atoms with Gasteiger partial charge in [0.1, 0.15) is 11.5 Å². The molecule has 0 bridgehead atoms. The molecule has 0 N–H and O–H groups in total. The molecule has 1 aliphatic heterocycles. The minimum atomic E-state index is -0.583. The van der Waals surface area contributed by atoms with Gasteiger partial charge in [-0.25, -0.2) is 0 Å². The summed E-state index contributed by atoms with van der Waals surface area (Å²) >= 11 is 0. The van der Waals surface area contributed by atoms with Crippen LogP contribution in [0, 0.1) is 0 Å². The first-order valence-corrected chi connectivity index (χ1v) is 22.3. The average Bonchev–Trinajstić information content (AvgIpc) is 3.80. The van der Waals surface area contributed by atoms with Crippen LogP contribution >= 0.6 is 0 Å². The smallest absolute Gasteiger partial charge is 0.135 e. The molecule has 64 heavy (non-hydrogen) atoms. The third-order valence-electron chi connectivity index (χ3n) is 14.3. The normalized spacial score (nSPS) is 15.0. The van der Waals surface area contributed by atoms with Crippen molar-refractivity contribution >= 4 is 17.1 Å². The molecule has 10 aromatic rings. The SMILES string of the molecule is c1ccc(N(c2ccc3c(c2)-c2ccccc2Oc2ccccc2-3)c2ccc3c(c2)-c2ccccc2-c2ccccc2C32c3ccccc3-c3c2ccc2c3-c3ccccc3C2)cc1. The topological polar surface area (TPSA) is 12.5 Å². The molecule has 1 spiro atoms. The monoisotopic (exact) mass is 813 g/mol. The molecule has 0 saturated carbocycles. The second-order valence-electron chi connectivity index (χ2n) is 17.5. The highest BCUT2D eigenvalue weighted by molar-refractivity contribution is 6.03.